The number of nitrogens with zero attached hydrogens (tertiary/aromatic N) is 2. The first-order valence-electron chi connectivity index (χ1n) is 4.42. The summed E-state index contributed by atoms with van der Waals surface area (Å²) >= 11 is 1.61. The third-order valence-corrected chi connectivity index (χ3v) is 2.84. The number of aryl methyl sites for hydroxylation is 1. The fourth-order valence-corrected chi connectivity index (χ4v) is 2.11. The molecular formula is C9H11N3OS. The van der Waals surface area contributed by atoms with Gasteiger partial charge in [0.25, 0.3) is 0 Å². The quantitative estimate of drug-likeness (QED) is 0.844. The van der Waals surface area contributed by atoms with Crippen LogP contribution in [0.15, 0.2) is 16.9 Å². The van der Waals surface area contributed by atoms with Gasteiger partial charge in [-0.05, 0) is 13.8 Å². The molecule has 0 amide bonds. The second kappa shape index (κ2) is 3.79. The normalized spacial score (nSPS) is 10.4. The lowest BCUT2D eigenvalue weighted by molar-refractivity contribution is 0.398. The molecule has 0 radical (unpaired) electrons. The first kappa shape index (κ1) is 9.21. The van der Waals surface area contributed by atoms with E-state index in [1.54, 1.807) is 17.5 Å². The summed E-state index contributed by atoms with van der Waals surface area (Å²) in [6.45, 7) is 4.83. The van der Waals surface area contributed by atoms with Crippen LogP contribution in [0, 0.1) is 6.92 Å². The number of nitrogens with one attached hydrogen (secondary N) is 1. The van der Waals surface area contributed by atoms with Crippen molar-refractivity contribution in [1.82, 2.24) is 10.1 Å². The Hall–Kier alpha value is -1.36. The van der Waals surface area contributed by atoms with Crippen LogP contribution in [0.2, 0.25) is 0 Å². The van der Waals surface area contributed by atoms with Crippen molar-refractivity contribution in [2.24, 2.45) is 0 Å². The Balaban J connectivity index is 2.29. The van der Waals surface area contributed by atoms with Crippen molar-refractivity contribution in [2.45, 2.75) is 13.8 Å². The van der Waals surface area contributed by atoms with Crippen LogP contribution >= 0.6 is 11.3 Å². The van der Waals surface area contributed by atoms with Crippen LogP contribution in [0.5, 0.6) is 0 Å². The molecule has 14 heavy (non-hydrogen) atoms. The monoisotopic (exact) mass is 209 g/mol. The largest absolute Gasteiger partial charge is 0.362 e. The van der Waals surface area contributed by atoms with E-state index in [0.717, 1.165) is 27.9 Å². The van der Waals surface area contributed by atoms with Gasteiger partial charge in [0.1, 0.15) is 5.76 Å². The number of hydrogen-bond acceptors (Lipinski definition) is 5. The molecule has 0 saturated carbocycles. The summed E-state index contributed by atoms with van der Waals surface area (Å²) in [6.07, 6.45) is 3.56. The van der Waals surface area contributed by atoms with Crippen molar-refractivity contribution in [3.63, 3.8) is 0 Å². The van der Waals surface area contributed by atoms with Crippen molar-refractivity contribution in [3.8, 4) is 10.4 Å². The Morgan fingerprint density at radius 2 is 2.36 bits per heavy atom. The smallest absolute Gasteiger partial charge is 0.183 e. The molecule has 0 fully saturated rings. The van der Waals surface area contributed by atoms with Gasteiger partial charge in [-0.3, -0.25) is 0 Å². The van der Waals surface area contributed by atoms with E-state index in [0.29, 0.717) is 0 Å². The highest BCUT2D eigenvalue weighted by molar-refractivity contribution is 7.18. The summed E-state index contributed by atoms with van der Waals surface area (Å²) in [5, 5.41) is 7.84. The van der Waals surface area contributed by atoms with Crippen molar-refractivity contribution >= 4 is 16.5 Å². The Morgan fingerprint density at radius 1 is 1.50 bits per heavy atom. The molecule has 0 aromatic carbocycles. The fraction of sp³-hybridized carbons (Fsp3) is 0.333. The van der Waals surface area contributed by atoms with E-state index in [-0.39, 0.29) is 0 Å². The van der Waals surface area contributed by atoms with Crippen LogP contribution in [-0.4, -0.2) is 16.7 Å². The third-order valence-electron chi connectivity index (χ3n) is 1.85. The highest BCUT2D eigenvalue weighted by atomic mass is 32.1. The second-order valence-corrected chi connectivity index (χ2v) is 3.89. The predicted octanol–water partition coefficient (Wildman–Crippen LogP) is 2.54. The van der Waals surface area contributed by atoms with Gasteiger partial charge in [0.05, 0.1) is 16.6 Å². The minimum absolute atomic E-state index is 0.830. The van der Waals surface area contributed by atoms with Gasteiger partial charge in [-0.25, -0.2) is 4.98 Å². The summed E-state index contributed by atoms with van der Waals surface area (Å²) in [6, 6.07) is 0. The van der Waals surface area contributed by atoms with Crippen molar-refractivity contribution in [3.05, 3.63) is 18.2 Å². The van der Waals surface area contributed by atoms with Gasteiger partial charge in [0.15, 0.2) is 5.13 Å². The van der Waals surface area contributed by atoms with Crippen LogP contribution in [0.4, 0.5) is 5.13 Å². The van der Waals surface area contributed by atoms with E-state index in [2.05, 4.69) is 15.5 Å². The third kappa shape index (κ3) is 1.63. The minimum Gasteiger partial charge on any atom is -0.362 e. The molecule has 2 rings (SSSR count). The predicted molar refractivity (Wildman–Crippen MR) is 56.5 cm³/mol. The lowest BCUT2D eigenvalue weighted by atomic mass is 10.2. The van der Waals surface area contributed by atoms with Crippen molar-refractivity contribution in [2.75, 3.05) is 11.9 Å². The first-order chi connectivity index (χ1) is 6.81. The Kier molecular flexibility index (Phi) is 2.49. The van der Waals surface area contributed by atoms with Crippen LogP contribution in [0.3, 0.4) is 0 Å². The fourth-order valence-electron chi connectivity index (χ4n) is 1.17. The number of anilines is 1. The van der Waals surface area contributed by atoms with E-state index in [1.165, 1.54) is 0 Å². The van der Waals surface area contributed by atoms with Gasteiger partial charge in [-0.1, -0.05) is 16.5 Å². The number of rotatable bonds is 3. The van der Waals surface area contributed by atoms with Crippen molar-refractivity contribution in [1.29, 1.82) is 0 Å². The molecule has 2 heterocycles. The SMILES string of the molecule is CCNc1ncc(-c2cnoc2C)s1. The summed E-state index contributed by atoms with van der Waals surface area (Å²) in [5.41, 5.74) is 1.02. The molecule has 0 atom stereocenters. The van der Waals surface area contributed by atoms with Gasteiger partial charge in [-0.15, -0.1) is 0 Å². The molecule has 0 bridgehead atoms. The van der Waals surface area contributed by atoms with E-state index < -0.39 is 0 Å². The lowest BCUT2D eigenvalue weighted by Gasteiger charge is -1.93. The van der Waals surface area contributed by atoms with E-state index >= 15 is 0 Å². The zero-order chi connectivity index (χ0) is 9.97. The topological polar surface area (TPSA) is 51.0 Å². The maximum atomic E-state index is 5.00. The maximum absolute atomic E-state index is 5.00. The average molecular weight is 209 g/mol. The maximum Gasteiger partial charge on any atom is 0.183 e. The molecule has 0 saturated heterocycles. The van der Waals surface area contributed by atoms with Gasteiger partial charge in [0, 0.05) is 12.7 Å². The molecule has 0 aliphatic heterocycles. The van der Waals surface area contributed by atoms with Gasteiger partial charge >= 0.3 is 0 Å². The summed E-state index contributed by atoms with van der Waals surface area (Å²) in [4.78, 5) is 5.32. The van der Waals surface area contributed by atoms with Crippen LogP contribution in [0.25, 0.3) is 10.4 Å². The van der Waals surface area contributed by atoms with Crippen LogP contribution in [0.1, 0.15) is 12.7 Å². The molecule has 4 nitrogen and oxygen atoms in total. The zero-order valence-electron chi connectivity index (χ0n) is 8.07. The van der Waals surface area contributed by atoms with Crippen LogP contribution < -0.4 is 5.32 Å². The van der Waals surface area contributed by atoms with Gasteiger partial charge in [-0.2, -0.15) is 0 Å². The van der Waals surface area contributed by atoms with Crippen LogP contribution in [-0.2, 0) is 0 Å². The van der Waals surface area contributed by atoms with Crippen molar-refractivity contribution < 1.29 is 4.52 Å². The highest BCUT2D eigenvalue weighted by Gasteiger charge is 2.09. The summed E-state index contributed by atoms with van der Waals surface area (Å²) < 4.78 is 5.00. The first-order valence-corrected chi connectivity index (χ1v) is 5.24. The average Bonchev–Trinajstić information content (AvgIpc) is 2.74. The standard InChI is InChI=1S/C9H11N3OS/c1-3-10-9-11-5-8(14-9)7-4-12-13-6(7)2/h4-5H,3H2,1-2H3,(H,10,11). The molecule has 2 aromatic rings. The minimum atomic E-state index is 0.830. The highest BCUT2D eigenvalue weighted by Crippen LogP contribution is 2.30. The number of thiazole rings is 1. The molecule has 0 unspecified atom stereocenters. The molecule has 0 aliphatic rings. The molecule has 5 heteroatoms. The molecular weight excluding hydrogens is 198 g/mol. The summed E-state index contributed by atoms with van der Waals surface area (Å²) in [7, 11) is 0. The van der Waals surface area contributed by atoms with Gasteiger partial charge < -0.3 is 9.84 Å². The summed E-state index contributed by atoms with van der Waals surface area (Å²) in [5.74, 6) is 0.830. The molecule has 0 spiro atoms. The van der Waals surface area contributed by atoms with E-state index in [4.69, 9.17) is 4.52 Å². The van der Waals surface area contributed by atoms with E-state index in [1.807, 2.05) is 20.0 Å². The Bertz CT molecular complexity index is 421. The van der Waals surface area contributed by atoms with Gasteiger partial charge in [0.2, 0.25) is 0 Å². The molecule has 1 N–H and O–H groups in total. The molecule has 74 valence electrons. The second-order valence-electron chi connectivity index (χ2n) is 2.86. The molecule has 0 aliphatic carbocycles. The lowest BCUT2D eigenvalue weighted by Crippen LogP contribution is -1.94. The number of hydrogen-bond donors (Lipinski definition) is 1. The van der Waals surface area contributed by atoms with E-state index in [9.17, 15) is 0 Å². The number of aromatic nitrogens is 2. The Morgan fingerprint density at radius 3 is 3.00 bits per heavy atom. The Labute approximate surface area is 86.0 Å². The molecule has 2 aromatic heterocycles. The zero-order valence-corrected chi connectivity index (χ0v) is 8.89.